The third kappa shape index (κ3) is 6.76. The van der Waals surface area contributed by atoms with E-state index in [9.17, 15) is 8.78 Å². The predicted molar refractivity (Wildman–Crippen MR) is 94.2 cm³/mol. The second-order valence-electron chi connectivity index (χ2n) is 6.13. The van der Waals surface area contributed by atoms with Crippen LogP contribution in [0.3, 0.4) is 0 Å². The minimum Gasteiger partial charge on any atom is -0.490 e. The van der Waals surface area contributed by atoms with Crippen molar-refractivity contribution in [1.82, 2.24) is 5.32 Å². The van der Waals surface area contributed by atoms with Crippen LogP contribution in [0.2, 0.25) is 0 Å². The zero-order chi connectivity index (χ0) is 18.1. The Hall–Kier alpha value is -2.05. The zero-order valence-corrected chi connectivity index (χ0v) is 14.6. The molecule has 1 aromatic carbocycles. The third-order valence-corrected chi connectivity index (χ3v) is 4.16. The fourth-order valence-corrected chi connectivity index (χ4v) is 2.97. The van der Waals surface area contributed by atoms with E-state index in [1.54, 1.807) is 19.1 Å². The third-order valence-electron chi connectivity index (χ3n) is 4.16. The quantitative estimate of drug-likeness (QED) is 0.443. The molecule has 0 aromatic heterocycles. The van der Waals surface area contributed by atoms with Crippen molar-refractivity contribution < 1.29 is 18.3 Å². The van der Waals surface area contributed by atoms with Gasteiger partial charge in [-0.3, -0.25) is 0 Å². The highest BCUT2D eigenvalue weighted by Crippen LogP contribution is 2.30. The molecule has 1 aliphatic carbocycles. The van der Waals surface area contributed by atoms with Crippen LogP contribution in [0.4, 0.5) is 8.78 Å². The first-order valence-corrected chi connectivity index (χ1v) is 8.85. The average Bonchev–Trinajstić information content (AvgIpc) is 2.83. The van der Waals surface area contributed by atoms with Gasteiger partial charge in [-0.05, 0) is 37.5 Å². The molecule has 0 spiro atoms. The van der Waals surface area contributed by atoms with Crippen molar-refractivity contribution in [3.8, 4) is 11.5 Å². The maximum atomic E-state index is 12.4. The van der Waals surface area contributed by atoms with Crippen LogP contribution < -0.4 is 20.5 Å². The molecule has 140 valence electrons. The fourth-order valence-electron chi connectivity index (χ4n) is 2.97. The van der Waals surface area contributed by atoms with Crippen LogP contribution in [0.15, 0.2) is 23.2 Å². The maximum absolute atomic E-state index is 12.4. The van der Waals surface area contributed by atoms with Crippen molar-refractivity contribution in [2.24, 2.45) is 10.7 Å². The van der Waals surface area contributed by atoms with E-state index < -0.39 is 6.61 Å². The first-order chi connectivity index (χ1) is 12.1. The number of alkyl halides is 2. The van der Waals surface area contributed by atoms with Crippen LogP contribution >= 0.6 is 0 Å². The van der Waals surface area contributed by atoms with Crippen molar-refractivity contribution in [2.75, 3.05) is 6.61 Å². The molecule has 25 heavy (non-hydrogen) atoms. The summed E-state index contributed by atoms with van der Waals surface area (Å²) in [6.45, 7) is -0.397. The Labute approximate surface area is 147 Å². The van der Waals surface area contributed by atoms with E-state index in [2.05, 4.69) is 15.0 Å². The van der Waals surface area contributed by atoms with Gasteiger partial charge in [-0.25, -0.2) is 4.99 Å². The number of ether oxygens (including phenoxy) is 2. The largest absolute Gasteiger partial charge is 0.490 e. The van der Waals surface area contributed by atoms with E-state index >= 15 is 0 Å². The van der Waals surface area contributed by atoms with Crippen molar-refractivity contribution in [3.63, 3.8) is 0 Å². The lowest BCUT2D eigenvalue weighted by atomic mass is 10.1. The molecule has 0 aliphatic heterocycles. The van der Waals surface area contributed by atoms with Crippen LogP contribution in [-0.4, -0.2) is 25.2 Å². The van der Waals surface area contributed by atoms with Crippen LogP contribution in [-0.2, 0) is 6.54 Å². The minimum atomic E-state index is -2.89. The molecule has 2 rings (SSSR count). The molecule has 1 aromatic rings. The molecule has 0 unspecified atom stereocenters. The SMILES string of the molecule is CCOc1cc(CN=C(N)NC2CCCCCC2)ccc1OC(F)F. The Morgan fingerprint density at radius 1 is 1.24 bits per heavy atom. The van der Waals surface area contributed by atoms with E-state index in [0.717, 1.165) is 18.4 Å². The van der Waals surface area contributed by atoms with Gasteiger partial charge in [0.25, 0.3) is 0 Å². The highest BCUT2D eigenvalue weighted by Gasteiger charge is 2.13. The molecule has 1 fully saturated rings. The van der Waals surface area contributed by atoms with E-state index in [0.29, 0.717) is 25.2 Å². The Kier molecular flexibility index (Phi) is 7.76. The van der Waals surface area contributed by atoms with Gasteiger partial charge in [0.1, 0.15) is 0 Å². The molecule has 7 heteroatoms. The topological polar surface area (TPSA) is 68.9 Å². The molecular formula is C18H27F2N3O2. The van der Waals surface area contributed by atoms with Crippen molar-refractivity contribution in [2.45, 2.75) is 64.6 Å². The Bertz CT molecular complexity index is 559. The molecule has 5 nitrogen and oxygen atoms in total. The highest BCUT2D eigenvalue weighted by atomic mass is 19.3. The smallest absolute Gasteiger partial charge is 0.387 e. The van der Waals surface area contributed by atoms with Gasteiger partial charge in [0.05, 0.1) is 13.2 Å². The van der Waals surface area contributed by atoms with Crippen LogP contribution in [0.5, 0.6) is 11.5 Å². The van der Waals surface area contributed by atoms with Crippen LogP contribution in [0, 0.1) is 0 Å². The second kappa shape index (κ2) is 10.1. The standard InChI is InChI=1S/C18H27F2N3O2/c1-2-24-16-11-13(9-10-15(16)25-17(19)20)12-22-18(21)23-14-7-5-3-4-6-8-14/h9-11,14,17H,2-8,12H2,1H3,(H3,21,22,23). The highest BCUT2D eigenvalue weighted by molar-refractivity contribution is 5.78. The first kappa shape index (κ1) is 19.3. The van der Waals surface area contributed by atoms with Gasteiger partial charge in [0.15, 0.2) is 17.5 Å². The molecular weight excluding hydrogens is 328 g/mol. The van der Waals surface area contributed by atoms with Crippen molar-refractivity contribution in [3.05, 3.63) is 23.8 Å². The number of hydrogen-bond donors (Lipinski definition) is 2. The Morgan fingerprint density at radius 3 is 2.60 bits per heavy atom. The maximum Gasteiger partial charge on any atom is 0.387 e. The fraction of sp³-hybridized carbons (Fsp3) is 0.611. The molecule has 1 aliphatic rings. The summed E-state index contributed by atoms with van der Waals surface area (Å²) >= 11 is 0. The van der Waals surface area contributed by atoms with E-state index in [-0.39, 0.29) is 11.5 Å². The molecule has 0 atom stereocenters. The lowest BCUT2D eigenvalue weighted by molar-refractivity contribution is -0.0514. The lowest BCUT2D eigenvalue weighted by Gasteiger charge is -2.16. The molecule has 0 radical (unpaired) electrons. The van der Waals surface area contributed by atoms with Crippen molar-refractivity contribution >= 4 is 5.96 Å². The zero-order valence-electron chi connectivity index (χ0n) is 14.6. The summed E-state index contributed by atoms with van der Waals surface area (Å²) in [5.74, 6) is 0.720. The van der Waals surface area contributed by atoms with Gasteiger partial charge in [0.2, 0.25) is 0 Å². The molecule has 0 heterocycles. The van der Waals surface area contributed by atoms with Crippen LogP contribution in [0.1, 0.15) is 51.0 Å². The summed E-state index contributed by atoms with van der Waals surface area (Å²) in [7, 11) is 0. The summed E-state index contributed by atoms with van der Waals surface area (Å²) in [5, 5.41) is 3.28. The lowest BCUT2D eigenvalue weighted by Crippen LogP contribution is -2.39. The van der Waals surface area contributed by atoms with Gasteiger partial charge in [-0.2, -0.15) is 8.78 Å². The Morgan fingerprint density at radius 2 is 1.96 bits per heavy atom. The summed E-state index contributed by atoms with van der Waals surface area (Å²) in [4.78, 5) is 4.35. The molecule has 0 bridgehead atoms. The normalized spacial score (nSPS) is 16.6. The number of halogens is 2. The van der Waals surface area contributed by atoms with E-state index in [4.69, 9.17) is 10.5 Å². The molecule has 0 amide bonds. The number of benzene rings is 1. The monoisotopic (exact) mass is 355 g/mol. The summed E-state index contributed by atoms with van der Waals surface area (Å²) in [6.07, 6.45) is 7.22. The summed E-state index contributed by atoms with van der Waals surface area (Å²) in [5.41, 5.74) is 6.80. The molecule has 0 saturated heterocycles. The number of nitrogens with zero attached hydrogens (tertiary/aromatic N) is 1. The number of nitrogens with one attached hydrogen (secondary N) is 1. The van der Waals surface area contributed by atoms with Crippen molar-refractivity contribution in [1.29, 1.82) is 0 Å². The second-order valence-corrected chi connectivity index (χ2v) is 6.13. The number of nitrogens with two attached hydrogens (primary N) is 1. The number of aliphatic imine (C=N–C) groups is 1. The van der Waals surface area contributed by atoms with E-state index in [1.165, 1.54) is 31.7 Å². The van der Waals surface area contributed by atoms with Gasteiger partial charge < -0.3 is 20.5 Å². The van der Waals surface area contributed by atoms with E-state index in [1.807, 2.05) is 0 Å². The minimum absolute atomic E-state index is 0.0223. The summed E-state index contributed by atoms with van der Waals surface area (Å²) in [6, 6.07) is 5.19. The van der Waals surface area contributed by atoms with Gasteiger partial charge in [-0.15, -0.1) is 0 Å². The number of hydrogen-bond acceptors (Lipinski definition) is 3. The van der Waals surface area contributed by atoms with Gasteiger partial charge in [0, 0.05) is 6.04 Å². The predicted octanol–water partition coefficient (Wildman–Crippen LogP) is 3.81. The summed E-state index contributed by atoms with van der Waals surface area (Å²) < 4.78 is 34.7. The molecule has 1 saturated carbocycles. The number of rotatable bonds is 7. The van der Waals surface area contributed by atoms with Crippen LogP contribution in [0.25, 0.3) is 0 Å². The number of guanidine groups is 1. The average molecular weight is 355 g/mol. The van der Waals surface area contributed by atoms with Gasteiger partial charge in [-0.1, -0.05) is 31.7 Å². The van der Waals surface area contributed by atoms with Gasteiger partial charge >= 0.3 is 6.61 Å². The first-order valence-electron chi connectivity index (χ1n) is 8.85. The molecule has 3 N–H and O–H groups in total. The Balaban J connectivity index is 1.97.